The van der Waals surface area contributed by atoms with Gasteiger partial charge in [-0.2, -0.15) is 4.68 Å². The van der Waals surface area contributed by atoms with Crippen LogP contribution in [0.1, 0.15) is 30.3 Å². The molecule has 0 aliphatic carbocycles. The predicted molar refractivity (Wildman–Crippen MR) is 117 cm³/mol. The SMILES string of the molecule is CCOC(=O)CCc1ccc(-n2c(C)nn(-c3ccc(C(=N)N)cc3)c2=O)cc1.Cl. The Kier molecular flexibility index (Phi) is 7.54. The number of esters is 1. The third kappa shape index (κ3) is 4.96. The summed E-state index contributed by atoms with van der Waals surface area (Å²) in [5, 5.41) is 11.8. The second kappa shape index (κ2) is 9.89. The Bertz CT molecular complexity index is 1090. The maximum absolute atomic E-state index is 12.9. The average molecular weight is 430 g/mol. The molecule has 3 rings (SSSR count). The van der Waals surface area contributed by atoms with Gasteiger partial charge in [-0.1, -0.05) is 12.1 Å². The van der Waals surface area contributed by atoms with Gasteiger partial charge in [-0.05, 0) is 62.2 Å². The Morgan fingerprint density at radius 2 is 1.70 bits per heavy atom. The molecule has 2 aromatic carbocycles. The summed E-state index contributed by atoms with van der Waals surface area (Å²) in [6.07, 6.45) is 0.898. The van der Waals surface area contributed by atoms with E-state index in [1.54, 1.807) is 38.1 Å². The highest BCUT2D eigenvalue weighted by atomic mass is 35.5. The van der Waals surface area contributed by atoms with Crippen LogP contribution in [0.5, 0.6) is 0 Å². The summed E-state index contributed by atoms with van der Waals surface area (Å²) in [5.74, 6) is 0.291. The third-order valence-corrected chi connectivity index (χ3v) is 4.48. The lowest BCUT2D eigenvalue weighted by atomic mass is 10.1. The van der Waals surface area contributed by atoms with Gasteiger partial charge < -0.3 is 10.5 Å². The van der Waals surface area contributed by atoms with E-state index in [1.165, 1.54) is 9.25 Å². The smallest absolute Gasteiger partial charge is 0.355 e. The summed E-state index contributed by atoms with van der Waals surface area (Å²) in [6.45, 7) is 3.92. The van der Waals surface area contributed by atoms with E-state index in [-0.39, 0.29) is 29.9 Å². The zero-order valence-corrected chi connectivity index (χ0v) is 17.6. The number of aryl methyl sites for hydroxylation is 2. The van der Waals surface area contributed by atoms with Crippen LogP contribution in [-0.4, -0.2) is 32.8 Å². The topological polar surface area (TPSA) is 116 Å². The van der Waals surface area contributed by atoms with Crippen molar-refractivity contribution in [2.24, 2.45) is 5.73 Å². The Morgan fingerprint density at radius 3 is 2.27 bits per heavy atom. The molecule has 0 aliphatic heterocycles. The van der Waals surface area contributed by atoms with Crippen molar-refractivity contribution in [1.29, 1.82) is 5.41 Å². The summed E-state index contributed by atoms with van der Waals surface area (Å²) >= 11 is 0. The molecule has 0 unspecified atom stereocenters. The van der Waals surface area contributed by atoms with Crippen LogP contribution in [-0.2, 0) is 16.0 Å². The number of carbonyl (C=O) groups excluding carboxylic acids is 1. The number of nitrogens with one attached hydrogen (secondary N) is 1. The van der Waals surface area contributed by atoms with Gasteiger partial charge in [0.15, 0.2) is 0 Å². The monoisotopic (exact) mass is 429 g/mol. The standard InChI is InChI=1S/C21H23N5O3.ClH/c1-3-29-19(27)13-6-15-4-9-17(10-5-15)25-14(2)24-26(21(25)28)18-11-7-16(8-12-18)20(22)23;/h4-5,7-12H,3,6,13H2,1-2H3,(H3,22,23);1H. The molecular formula is C21H24ClN5O3. The van der Waals surface area contributed by atoms with Gasteiger partial charge in [-0.25, -0.2) is 9.36 Å². The quantitative estimate of drug-likeness (QED) is 0.340. The number of nitrogens with two attached hydrogens (primary N) is 1. The van der Waals surface area contributed by atoms with Crippen LogP contribution >= 0.6 is 12.4 Å². The van der Waals surface area contributed by atoms with Crippen LogP contribution in [0.4, 0.5) is 0 Å². The van der Waals surface area contributed by atoms with Crippen LogP contribution in [0.2, 0.25) is 0 Å². The molecule has 8 nitrogen and oxygen atoms in total. The van der Waals surface area contributed by atoms with Gasteiger partial charge >= 0.3 is 11.7 Å². The normalized spacial score (nSPS) is 10.3. The number of hydrogen-bond acceptors (Lipinski definition) is 5. The van der Waals surface area contributed by atoms with E-state index in [9.17, 15) is 9.59 Å². The molecule has 0 bridgehead atoms. The first kappa shape index (κ1) is 22.9. The van der Waals surface area contributed by atoms with Gasteiger partial charge in [0.05, 0.1) is 18.0 Å². The fourth-order valence-corrected chi connectivity index (χ4v) is 3.00. The maximum atomic E-state index is 12.9. The average Bonchev–Trinajstić information content (AvgIpc) is 3.01. The zero-order valence-electron chi connectivity index (χ0n) is 16.8. The lowest BCUT2D eigenvalue weighted by molar-refractivity contribution is -0.143. The Hall–Kier alpha value is -3.39. The number of nitrogen functional groups attached to an aromatic ring is 1. The van der Waals surface area contributed by atoms with E-state index in [0.717, 1.165) is 5.56 Å². The molecule has 0 spiro atoms. The molecule has 0 atom stereocenters. The number of rotatable bonds is 7. The van der Waals surface area contributed by atoms with E-state index in [2.05, 4.69) is 5.10 Å². The molecule has 0 fully saturated rings. The van der Waals surface area contributed by atoms with Crippen molar-refractivity contribution in [3.05, 3.63) is 76.0 Å². The van der Waals surface area contributed by atoms with Crippen LogP contribution in [0.25, 0.3) is 11.4 Å². The summed E-state index contributed by atoms with van der Waals surface area (Å²) in [4.78, 5) is 24.4. The van der Waals surface area contributed by atoms with Crippen LogP contribution in [0, 0.1) is 12.3 Å². The molecule has 0 saturated heterocycles. The molecule has 3 aromatic rings. The molecule has 158 valence electrons. The highest BCUT2D eigenvalue weighted by Crippen LogP contribution is 2.13. The largest absolute Gasteiger partial charge is 0.466 e. The van der Waals surface area contributed by atoms with Crippen molar-refractivity contribution in [2.45, 2.75) is 26.7 Å². The first-order valence-corrected chi connectivity index (χ1v) is 9.29. The number of amidine groups is 1. The van der Waals surface area contributed by atoms with E-state index in [1.807, 2.05) is 24.3 Å². The number of carbonyl (C=O) groups is 1. The van der Waals surface area contributed by atoms with Crippen molar-refractivity contribution in [3.8, 4) is 11.4 Å². The maximum Gasteiger partial charge on any atom is 0.355 e. The van der Waals surface area contributed by atoms with Crippen LogP contribution in [0.3, 0.4) is 0 Å². The van der Waals surface area contributed by atoms with Gasteiger partial charge in [0.1, 0.15) is 11.7 Å². The first-order chi connectivity index (χ1) is 13.9. The van der Waals surface area contributed by atoms with Crippen molar-refractivity contribution >= 4 is 24.2 Å². The number of halogens is 1. The van der Waals surface area contributed by atoms with Crippen LogP contribution in [0.15, 0.2) is 53.3 Å². The van der Waals surface area contributed by atoms with Gasteiger partial charge in [0, 0.05) is 12.0 Å². The first-order valence-electron chi connectivity index (χ1n) is 9.29. The molecule has 0 radical (unpaired) electrons. The number of hydrogen-bond donors (Lipinski definition) is 2. The van der Waals surface area contributed by atoms with Crippen molar-refractivity contribution in [3.63, 3.8) is 0 Å². The summed E-state index contributed by atoms with van der Waals surface area (Å²) in [6, 6.07) is 14.2. The van der Waals surface area contributed by atoms with Gasteiger partial charge in [-0.3, -0.25) is 10.2 Å². The third-order valence-electron chi connectivity index (χ3n) is 4.48. The summed E-state index contributed by atoms with van der Waals surface area (Å²) in [5.41, 5.74) is 8.03. The minimum atomic E-state index is -0.294. The van der Waals surface area contributed by atoms with Gasteiger partial charge in [0.25, 0.3) is 0 Å². The van der Waals surface area contributed by atoms with E-state index in [4.69, 9.17) is 15.9 Å². The zero-order chi connectivity index (χ0) is 21.0. The van der Waals surface area contributed by atoms with Gasteiger partial charge in [-0.15, -0.1) is 17.5 Å². The Morgan fingerprint density at radius 1 is 1.10 bits per heavy atom. The molecule has 3 N–H and O–H groups in total. The number of benzene rings is 2. The number of ether oxygens (including phenoxy) is 1. The minimum absolute atomic E-state index is 0. The molecule has 1 aromatic heterocycles. The fraction of sp³-hybridized carbons (Fsp3) is 0.238. The van der Waals surface area contributed by atoms with Crippen LogP contribution < -0.4 is 11.4 Å². The minimum Gasteiger partial charge on any atom is -0.466 e. The molecular weight excluding hydrogens is 406 g/mol. The van der Waals surface area contributed by atoms with E-state index in [0.29, 0.717) is 42.2 Å². The second-order valence-corrected chi connectivity index (χ2v) is 6.51. The van der Waals surface area contributed by atoms with E-state index < -0.39 is 0 Å². The predicted octanol–water partition coefficient (Wildman–Crippen LogP) is 2.53. The molecule has 9 heteroatoms. The van der Waals surface area contributed by atoms with Gasteiger partial charge in [0.2, 0.25) is 0 Å². The Balaban J connectivity index is 0.00000320. The van der Waals surface area contributed by atoms with E-state index >= 15 is 0 Å². The van der Waals surface area contributed by atoms with Crippen molar-refractivity contribution in [2.75, 3.05) is 6.61 Å². The molecule has 30 heavy (non-hydrogen) atoms. The summed E-state index contributed by atoms with van der Waals surface area (Å²) in [7, 11) is 0. The fourth-order valence-electron chi connectivity index (χ4n) is 3.00. The summed E-state index contributed by atoms with van der Waals surface area (Å²) < 4.78 is 7.77. The Labute approximate surface area is 180 Å². The lowest BCUT2D eigenvalue weighted by Crippen LogP contribution is -2.23. The molecule has 0 aliphatic rings. The van der Waals surface area contributed by atoms with Crippen molar-refractivity contribution in [1.82, 2.24) is 14.3 Å². The molecule has 1 heterocycles. The number of aromatic nitrogens is 3. The highest BCUT2D eigenvalue weighted by Gasteiger charge is 2.13. The molecule has 0 amide bonds. The van der Waals surface area contributed by atoms with Crippen molar-refractivity contribution < 1.29 is 9.53 Å². The number of nitrogens with zero attached hydrogens (tertiary/aromatic N) is 3. The lowest BCUT2D eigenvalue weighted by Gasteiger charge is -2.06. The highest BCUT2D eigenvalue weighted by molar-refractivity contribution is 5.95. The molecule has 0 saturated carbocycles. The second-order valence-electron chi connectivity index (χ2n) is 6.51.